The highest BCUT2D eigenvalue weighted by Gasteiger charge is 2.16. The molecule has 0 aliphatic carbocycles. The van der Waals surface area contributed by atoms with Crippen LogP contribution >= 0.6 is 28.1 Å². The zero-order valence-corrected chi connectivity index (χ0v) is 23.0. The minimum atomic E-state index is -3.65. The van der Waals surface area contributed by atoms with E-state index in [9.17, 15) is 13.2 Å². The van der Waals surface area contributed by atoms with E-state index >= 15 is 0 Å². The Morgan fingerprint density at radius 1 is 1.03 bits per heavy atom. The molecular formula is C26H28BrN3O4S2. The van der Waals surface area contributed by atoms with Crippen LogP contribution in [0.4, 0.5) is 5.69 Å². The number of halogens is 1. The van der Waals surface area contributed by atoms with E-state index in [2.05, 4.69) is 38.2 Å². The van der Waals surface area contributed by atoms with Crippen LogP contribution in [0, 0.1) is 0 Å². The number of hydrogen-bond acceptors (Lipinski definition) is 5. The average molecular weight is 591 g/mol. The van der Waals surface area contributed by atoms with Gasteiger partial charge < -0.3 is 10.1 Å². The molecule has 0 unspecified atom stereocenters. The number of rotatable bonds is 11. The van der Waals surface area contributed by atoms with Crippen LogP contribution in [0.25, 0.3) is 0 Å². The van der Waals surface area contributed by atoms with Crippen molar-refractivity contribution in [2.24, 2.45) is 0 Å². The molecule has 0 fully saturated rings. The molecule has 3 aromatic carbocycles. The number of thiocarbonyl (C=S) groups is 1. The van der Waals surface area contributed by atoms with Gasteiger partial charge in [0.25, 0.3) is 5.91 Å². The van der Waals surface area contributed by atoms with Gasteiger partial charge in [-0.1, -0.05) is 59.6 Å². The molecule has 0 aromatic heterocycles. The third-order valence-corrected chi connectivity index (χ3v) is 7.31. The van der Waals surface area contributed by atoms with Crippen LogP contribution < -0.4 is 20.1 Å². The highest BCUT2D eigenvalue weighted by atomic mass is 79.9. The highest BCUT2D eigenvalue weighted by molar-refractivity contribution is 9.10. The Kier molecular flexibility index (Phi) is 10.4. The third-order valence-electron chi connectivity index (χ3n) is 5.14. The van der Waals surface area contributed by atoms with Crippen molar-refractivity contribution in [2.45, 2.75) is 31.1 Å². The summed E-state index contributed by atoms with van der Waals surface area (Å²) >= 11 is 8.66. The highest BCUT2D eigenvalue weighted by Crippen LogP contribution is 2.24. The molecule has 0 atom stereocenters. The molecule has 190 valence electrons. The van der Waals surface area contributed by atoms with Crippen LogP contribution in [0.3, 0.4) is 0 Å². The van der Waals surface area contributed by atoms with Gasteiger partial charge in [-0.15, -0.1) is 0 Å². The minimum absolute atomic E-state index is 0.0797. The van der Waals surface area contributed by atoms with Crippen LogP contribution in [-0.2, 0) is 16.4 Å². The molecule has 0 aliphatic heterocycles. The summed E-state index contributed by atoms with van der Waals surface area (Å²) in [5.74, 6) is 0.0587. The Bertz CT molecular complexity index is 1280. The van der Waals surface area contributed by atoms with E-state index < -0.39 is 15.9 Å². The number of carbonyl (C=O) groups excluding carboxylic acids is 1. The van der Waals surface area contributed by atoms with E-state index in [1.807, 2.05) is 30.3 Å². The number of amides is 1. The van der Waals surface area contributed by atoms with Gasteiger partial charge in [-0.25, -0.2) is 13.1 Å². The normalized spacial score (nSPS) is 11.1. The number of anilines is 1. The van der Waals surface area contributed by atoms with Crippen molar-refractivity contribution in [3.05, 3.63) is 88.4 Å². The largest absolute Gasteiger partial charge is 0.493 e. The fraction of sp³-hybridized carbons (Fsp3) is 0.231. The Morgan fingerprint density at radius 2 is 1.75 bits per heavy atom. The summed E-state index contributed by atoms with van der Waals surface area (Å²) < 4.78 is 34.3. The summed E-state index contributed by atoms with van der Waals surface area (Å²) in [7, 11) is -3.65. The van der Waals surface area contributed by atoms with Gasteiger partial charge in [0.2, 0.25) is 10.0 Å². The van der Waals surface area contributed by atoms with E-state index in [0.29, 0.717) is 36.6 Å². The Labute approximate surface area is 225 Å². The Hall–Kier alpha value is -2.79. The first-order valence-electron chi connectivity index (χ1n) is 11.5. The second-order valence-corrected chi connectivity index (χ2v) is 11.0. The quantitative estimate of drug-likeness (QED) is 0.208. The first-order chi connectivity index (χ1) is 17.3. The molecule has 0 bridgehead atoms. The average Bonchev–Trinajstić information content (AvgIpc) is 2.86. The van der Waals surface area contributed by atoms with E-state index in [-0.39, 0.29) is 10.0 Å². The summed E-state index contributed by atoms with van der Waals surface area (Å²) in [4.78, 5) is 13.0. The molecular weight excluding hydrogens is 562 g/mol. The van der Waals surface area contributed by atoms with E-state index in [1.165, 1.54) is 12.1 Å². The van der Waals surface area contributed by atoms with E-state index in [1.54, 1.807) is 30.3 Å². The van der Waals surface area contributed by atoms with Crippen molar-refractivity contribution in [3.8, 4) is 5.75 Å². The van der Waals surface area contributed by atoms with Crippen molar-refractivity contribution in [3.63, 3.8) is 0 Å². The molecule has 3 rings (SSSR count). The summed E-state index contributed by atoms with van der Waals surface area (Å²) in [6, 6.07) is 21.0. The molecule has 0 aliphatic rings. The third kappa shape index (κ3) is 8.41. The summed E-state index contributed by atoms with van der Waals surface area (Å²) in [6.07, 6.45) is 2.46. The first-order valence-corrected chi connectivity index (χ1v) is 14.2. The van der Waals surface area contributed by atoms with Gasteiger partial charge >= 0.3 is 0 Å². The first kappa shape index (κ1) is 27.8. The molecule has 0 spiro atoms. The monoisotopic (exact) mass is 589 g/mol. The standard InChI is InChI=1S/C26H28BrN3O4S2/c1-2-3-17-34-24-14-9-20(27)18-23(24)25(31)30-26(35)29-21-10-12-22(13-11-21)36(32,33)28-16-15-19-7-5-4-6-8-19/h4-14,18,28H,2-3,15-17H2,1H3,(H2,29,30,31,35). The zero-order chi connectivity index (χ0) is 26.0. The van der Waals surface area contributed by atoms with Crippen LogP contribution in [0.5, 0.6) is 5.75 Å². The van der Waals surface area contributed by atoms with Gasteiger partial charge in [0.15, 0.2) is 5.11 Å². The van der Waals surface area contributed by atoms with Crippen molar-refractivity contribution in [2.75, 3.05) is 18.5 Å². The second-order valence-electron chi connectivity index (χ2n) is 7.91. The lowest BCUT2D eigenvalue weighted by Crippen LogP contribution is -2.34. The minimum Gasteiger partial charge on any atom is -0.493 e. The molecule has 0 saturated heterocycles. The molecule has 3 N–H and O–H groups in total. The molecule has 3 aromatic rings. The van der Waals surface area contributed by atoms with Gasteiger partial charge in [0.05, 0.1) is 17.1 Å². The van der Waals surface area contributed by atoms with Gasteiger partial charge in [-0.3, -0.25) is 10.1 Å². The van der Waals surface area contributed by atoms with Gasteiger partial charge in [-0.2, -0.15) is 0 Å². The second kappa shape index (κ2) is 13.5. The van der Waals surface area contributed by atoms with Crippen LogP contribution in [-0.4, -0.2) is 32.6 Å². The predicted molar refractivity (Wildman–Crippen MR) is 150 cm³/mol. The van der Waals surface area contributed by atoms with E-state index in [4.69, 9.17) is 17.0 Å². The molecule has 7 nitrogen and oxygen atoms in total. The SMILES string of the molecule is CCCCOc1ccc(Br)cc1C(=O)NC(=S)Nc1ccc(S(=O)(=O)NCCc2ccccc2)cc1. The number of ether oxygens (including phenoxy) is 1. The number of unbranched alkanes of at least 4 members (excludes halogenated alkanes) is 1. The maximum atomic E-state index is 12.8. The summed E-state index contributed by atoms with van der Waals surface area (Å²) in [5, 5.41) is 5.62. The lowest BCUT2D eigenvalue weighted by Gasteiger charge is -2.14. The predicted octanol–water partition coefficient (Wildman–Crippen LogP) is 5.28. The van der Waals surface area contributed by atoms with Crippen molar-refractivity contribution in [1.82, 2.24) is 10.0 Å². The fourth-order valence-corrected chi connectivity index (χ4v) is 4.84. The number of hydrogen-bond donors (Lipinski definition) is 3. The molecule has 0 radical (unpaired) electrons. The van der Waals surface area contributed by atoms with Crippen LogP contribution in [0.15, 0.2) is 82.2 Å². The van der Waals surface area contributed by atoms with Crippen molar-refractivity contribution in [1.29, 1.82) is 0 Å². The number of carbonyl (C=O) groups is 1. The van der Waals surface area contributed by atoms with Crippen LogP contribution in [0.1, 0.15) is 35.7 Å². The number of sulfonamides is 1. The molecule has 1 amide bonds. The van der Waals surface area contributed by atoms with Crippen LogP contribution in [0.2, 0.25) is 0 Å². The lowest BCUT2D eigenvalue weighted by molar-refractivity contribution is 0.0973. The lowest BCUT2D eigenvalue weighted by atomic mass is 10.2. The molecule has 36 heavy (non-hydrogen) atoms. The fourth-order valence-electron chi connectivity index (χ4n) is 3.24. The van der Waals surface area contributed by atoms with Gasteiger partial charge in [0, 0.05) is 16.7 Å². The smallest absolute Gasteiger partial charge is 0.261 e. The van der Waals surface area contributed by atoms with Crippen molar-refractivity contribution >= 4 is 54.9 Å². The summed E-state index contributed by atoms with van der Waals surface area (Å²) in [5.41, 5.74) is 1.95. The van der Waals surface area contributed by atoms with Crippen molar-refractivity contribution < 1.29 is 17.9 Å². The molecule has 0 heterocycles. The number of nitrogens with one attached hydrogen (secondary N) is 3. The van der Waals surface area contributed by atoms with Gasteiger partial charge in [-0.05, 0) is 73.1 Å². The maximum absolute atomic E-state index is 12.8. The Morgan fingerprint density at radius 3 is 2.44 bits per heavy atom. The molecule has 10 heteroatoms. The van der Waals surface area contributed by atoms with Gasteiger partial charge in [0.1, 0.15) is 5.75 Å². The molecule has 0 saturated carbocycles. The maximum Gasteiger partial charge on any atom is 0.261 e. The van der Waals surface area contributed by atoms with E-state index in [0.717, 1.165) is 22.9 Å². The summed E-state index contributed by atoms with van der Waals surface area (Å²) in [6.45, 7) is 2.87. The topological polar surface area (TPSA) is 96.5 Å². The number of benzene rings is 3. The Balaban J connectivity index is 1.56. The zero-order valence-electron chi connectivity index (χ0n) is 19.8.